The number of guanidine groups is 1. The van der Waals surface area contributed by atoms with E-state index in [0.717, 1.165) is 44.4 Å². The highest BCUT2D eigenvalue weighted by molar-refractivity contribution is 5.80. The predicted molar refractivity (Wildman–Crippen MR) is 110 cm³/mol. The Morgan fingerprint density at radius 2 is 1.78 bits per heavy atom. The van der Waals surface area contributed by atoms with Crippen molar-refractivity contribution in [3.63, 3.8) is 0 Å². The first-order valence-electron chi connectivity index (χ1n) is 9.84. The maximum Gasteiger partial charge on any atom is 0.219 e. The van der Waals surface area contributed by atoms with Crippen LogP contribution < -0.4 is 10.1 Å². The lowest BCUT2D eigenvalue weighted by molar-refractivity contribution is -0.130. The van der Waals surface area contributed by atoms with Gasteiger partial charge >= 0.3 is 0 Å². The topological polar surface area (TPSA) is 57.2 Å². The number of carbonyl (C=O) groups excluding carboxylic acids is 1. The van der Waals surface area contributed by atoms with E-state index in [0.29, 0.717) is 13.2 Å². The van der Waals surface area contributed by atoms with E-state index >= 15 is 0 Å². The van der Waals surface area contributed by atoms with Crippen molar-refractivity contribution in [3.05, 3.63) is 29.8 Å². The first-order valence-corrected chi connectivity index (χ1v) is 9.84. The lowest BCUT2D eigenvalue weighted by Gasteiger charge is -2.36. The van der Waals surface area contributed by atoms with Crippen LogP contribution in [0.1, 0.15) is 40.2 Å². The van der Waals surface area contributed by atoms with Crippen LogP contribution in [0.15, 0.2) is 29.3 Å². The molecule has 0 atom stereocenters. The SMILES string of the molecule is CCNC(=NCCOc1ccccc1C(C)(C)C)N1CCN(C(C)=O)CC1. The van der Waals surface area contributed by atoms with Gasteiger partial charge in [-0.3, -0.25) is 4.79 Å². The number of aliphatic imine (C=N–C) groups is 1. The molecule has 0 radical (unpaired) electrons. The fraction of sp³-hybridized carbons (Fsp3) is 0.619. The maximum absolute atomic E-state index is 11.5. The van der Waals surface area contributed by atoms with Crippen molar-refractivity contribution >= 4 is 11.9 Å². The molecule has 1 amide bonds. The van der Waals surface area contributed by atoms with E-state index < -0.39 is 0 Å². The van der Waals surface area contributed by atoms with Crippen LogP contribution in [0.3, 0.4) is 0 Å². The summed E-state index contributed by atoms with van der Waals surface area (Å²) in [6.45, 7) is 15.3. The summed E-state index contributed by atoms with van der Waals surface area (Å²) < 4.78 is 6.02. The summed E-state index contributed by atoms with van der Waals surface area (Å²) in [7, 11) is 0. The van der Waals surface area contributed by atoms with Gasteiger partial charge in [0, 0.05) is 39.6 Å². The Hall–Kier alpha value is -2.24. The van der Waals surface area contributed by atoms with Gasteiger partial charge in [-0.05, 0) is 24.0 Å². The van der Waals surface area contributed by atoms with Crippen molar-refractivity contribution in [3.8, 4) is 5.75 Å². The van der Waals surface area contributed by atoms with E-state index in [1.165, 1.54) is 5.56 Å². The first-order chi connectivity index (χ1) is 12.8. The van der Waals surface area contributed by atoms with E-state index in [4.69, 9.17) is 9.73 Å². The van der Waals surface area contributed by atoms with Crippen LogP contribution in [-0.2, 0) is 10.2 Å². The molecule has 6 heteroatoms. The second-order valence-electron chi connectivity index (χ2n) is 7.82. The van der Waals surface area contributed by atoms with Crippen LogP contribution in [0.5, 0.6) is 5.75 Å². The summed E-state index contributed by atoms with van der Waals surface area (Å²) in [6, 6.07) is 8.20. The van der Waals surface area contributed by atoms with Gasteiger partial charge in [0.1, 0.15) is 12.4 Å². The molecule has 1 aromatic carbocycles. The van der Waals surface area contributed by atoms with Gasteiger partial charge in [0.05, 0.1) is 6.54 Å². The number of rotatable bonds is 5. The van der Waals surface area contributed by atoms with Crippen LogP contribution in [0, 0.1) is 0 Å². The Balaban J connectivity index is 1.92. The van der Waals surface area contributed by atoms with E-state index in [-0.39, 0.29) is 11.3 Å². The molecule has 1 aromatic rings. The third-order valence-electron chi connectivity index (χ3n) is 4.66. The first kappa shape index (κ1) is 21.1. The van der Waals surface area contributed by atoms with Crippen LogP contribution in [0.25, 0.3) is 0 Å². The van der Waals surface area contributed by atoms with Gasteiger partial charge in [-0.1, -0.05) is 39.0 Å². The van der Waals surface area contributed by atoms with Gasteiger partial charge in [0.15, 0.2) is 5.96 Å². The highest BCUT2D eigenvalue weighted by atomic mass is 16.5. The van der Waals surface area contributed by atoms with Gasteiger partial charge < -0.3 is 19.9 Å². The van der Waals surface area contributed by atoms with Crippen molar-refractivity contribution in [2.45, 2.75) is 40.0 Å². The minimum atomic E-state index is 0.0468. The van der Waals surface area contributed by atoms with E-state index in [1.54, 1.807) is 6.92 Å². The molecule has 1 aliphatic heterocycles. The third-order valence-corrected chi connectivity index (χ3v) is 4.66. The molecular weight excluding hydrogens is 340 g/mol. The molecule has 0 aromatic heterocycles. The van der Waals surface area contributed by atoms with Crippen LogP contribution in [-0.4, -0.2) is 67.5 Å². The predicted octanol–water partition coefficient (Wildman–Crippen LogP) is 2.49. The number of nitrogens with one attached hydrogen (secondary N) is 1. The van der Waals surface area contributed by atoms with Gasteiger partial charge in [0.25, 0.3) is 0 Å². The molecule has 0 saturated carbocycles. The van der Waals surface area contributed by atoms with E-state index in [9.17, 15) is 4.79 Å². The van der Waals surface area contributed by atoms with Gasteiger partial charge in [-0.2, -0.15) is 0 Å². The number of amides is 1. The molecule has 1 N–H and O–H groups in total. The van der Waals surface area contributed by atoms with Crippen LogP contribution in [0.2, 0.25) is 0 Å². The summed E-state index contributed by atoms with van der Waals surface area (Å²) in [5.41, 5.74) is 1.26. The molecule has 1 saturated heterocycles. The minimum Gasteiger partial charge on any atom is -0.491 e. The molecule has 0 unspecified atom stereocenters. The number of nitrogens with zero attached hydrogens (tertiary/aromatic N) is 3. The lowest BCUT2D eigenvalue weighted by Crippen LogP contribution is -2.53. The highest BCUT2D eigenvalue weighted by Gasteiger charge is 2.21. The highest BCUT2D eigenvalue weighted by Crippen LogP contribution is 2.30. The molecule has 6 nitrogen and oxygen atoms in total. The summed E-state index contributed by atoms with van der Waals surface area (Å²) in [5, 5.41) is 3.35. The lowest BCUT2D eigenvalue weighted by atomic mass is 9.86. The second kappa shape index (κ2) is 9.62. The van der Waals surface area contributed by atoms with E-state index in [2.05, 4.69) is 50.0 Å². The Morgan fingerprint density at radius 1 is 1.15 bits per heavy atom. The number of hydrogen-bond acceptors (Lipinski definition) is 3. The quantitative estimate of drug-likeness (QED) is 0.489. The number of ether oxygens (including phenoxy) is 1. The largest absolute Gasteiger partial charge is 0.491 e. The molecular formula is C21H34N4O2. The molecule has 0 aliphatic carbocycles. The van der Waals surface area contributed by atoms with Crippen molar-refractivity contribution in [1.29, 1.82) is 0 Å². The van der Waals surface area contributed by atoms with Crippen LogP contribution >= 0.6 is 0 Å². The van der Waals surface area contributed by atoms with Gasteiger partial charge in [-0.15, -0.1) is 0 Å². The Kier molecular flexibility index (Phi) is 7.51. The van der Waals surface area contributed by atoms with Crippen molar-refractivity contribution in [2.24, 2.45) is 4.99 Å². The normalized spacial score (nSPS) is 15.7. The average molecular weight is 375 g/mol. The molecule has 0 bridgehead atoms. The second-order valence-corrected chi connectivity index (χ2v) is 7.82. The summed E-state index contributed by atoms with van der Waals surface area (Å²) >= 11 is 0. The van der Waals surface area contributed by atoms with Crippen LogP contribution in [0.4, 0.5) is 0 Å². The standard InChI is InChI=1S/C21H34N4O2/c1-6-22-20(25-14-12-24(13-15-25)17(2)26)23-11-16-27-19-10-8-7-9-18(19)21(3,4)5/h7-10H,6,11-16H2,1-5H3,(H,22,23). The Labute approximate surface area is 163 Å². The number of benzene rings is 1. The minimum absolute atomic E-state index is 0.0468. The monoisotopic (exact) mass is 374 g/mol. The summed E-state index contributed by atoms with van der Waals surface area (Å²) in [4.78, 5) is 20.3. The van der Waals surface area contributed by atoms with Gasteiger partial charge in [0.2, 0.25) is 5.91 Å². The summed E-state index contributed by atoms with van der Waals surface area (Å²) in [5.74, 6) is 1.97. The Morgan fingerprint density at radius 3 is 2.37 bits per heavy atom. The zero-order chi connectivity index (χ0) is 19.9. The fourth-order valence-corrected chi connectivity index (χ4v) is 3.18. The zero-order valence-corrected chi connectivity index (χ0v) is 17.4. The number of carbonyl (C=O) groups is 1. The number of hydrogen-bond donors (Lipinski definition) is 1. The zero-order valence-electron chi connectivity index (χ0n) is 17.4. The number of piperazine rings is 1. The maximum atomic E-state index is 11.5. The van der Waals surface area contributed by atoms with E-state index in [1.807, 2.05) is 17.0 Å². The molecule has 2 rings (SSSR count). The molecule has 150 valence electrons. The molecule has 0 spiro atoms. The van der Waals surface area contributed by atoms with Crippen molar-refractivity contribution in [2.75, 3.05) is 45.9 Å². The smallest absolute Gasteiger partial charge is 0.219 e. The molecule has 1 aliphatic rings. The van der Waals surface area contributed by atoms with Crippen molar-refractivity contribution in [1.82, 2.24) is 15.1 Å². The molecule has 1 fully saturated rings. The summed E-state index contributed by atoms with van der Waals surface area (Å²) in [6.07, 6.45) is 0. The van der Waals surface area contributed by atoms with Gasteiger partial charge in [-0.25, -0.2) is 4.99 Å². The average Bonchev–Trinajstić information content (AvgIpc) is 2.64. The van der Waals surface area contributed by atoms with Crippen molar-refractivity contribution < 1.29 is 9.53 Å². The Bertz CT molecular complexity index is 644. The third kappa shape index (κ3) is 6.15. The fourth-order valence-electron chi connectivity index (χ4n) is 3.18. The number of para-hydroxylation sites is 1. The molecule has 27 heavy (non-hydrogen) atoms. The molecule has 1 heterocycles.